The maximum Gasteiger partial charge on any atom is 0.150 e. The summed E-state index contributed by atoms with van der Waals surface area (Å²) in [5.74, 6) is 0.996. The molecule has 0 aromatic carbocycles. The molecule has 0 radical (unpaired) electrons. The van der Waals surface area contributed by atoms with Crippen LogP contribution >= 0.6 is 23.2 Å². The van der Waals surface area contributed by atoms with Crippen molar-refractivity contribution in [2.45, 2.75) is 0 Å². The Morgan fingerprint density at radius 3 is 2.29 bits per heavy atom. The summed E-state index contributed by atoms with van der Waals surface area (Å²) < 4.78 is 0. The first-order valence-corrected chi connectivity index (χ1v) is 5.90. The largest absolute Gasteiger partial charge is 0.395 e. The van der Waals surface area contributed by atoms with Crippen LogP contribution in [0, 0.1) is 0 Å². The van der Waals surface area contributed by atoms with E-state index in [1.165, 1.54) is 0 Å². The van der Waals surface area contributed by atoms with Gasteiger partial charge >= 0.3 is 0 Å². The summed E-state index contributed by atoms with van der Waals surface area (Å²) in [6, 6.07) is 1.58. The van der Waals surface area contributed by atoms with Gasteiger partial charge in [0.15, 0.2) is 0 Å². The lowest BCUT2D eigenvalue weighted by Gasteiger charge is -2.23. The van der Waals surface area contributed by atoms with E-state index in [0.717, 1.165) is 0 Å². The Hall–Kier alpha value is -0.750. The summed E-state index contributed by atoms with van der Waals surface area (Å²) >= 11 is 12.0. The maximum atomic E-state index is 8.96. The molecule has 0 fully saturated rings. The normalized spacial score (nSPS) is 10.4. The van der Waals surface area contributed by atoms with E-state index in [0.29, 0.717) is 34.8 Å². The van der Waals surface area contributed by atoms with Crippen LogP contribution in [0.2, 0.25) is 10.0 Å². The monoisotopic (exact) mass is 279 g/mol. The fourth-order valence-corrected chi connectivity index (χ4v) is 1.99. The van der Waals surface area contributed by atoms with Crippen LogP contribution in [0.5, 0.6) is 0 Å². The van der Waals surface area contributed by atoms with Gasteiger partial charge in [0.05, 0.1) is 23.3 Å². The van der Waals surface area contributed by atoms with Gasteiger partial charge in [-0.2, -0.15) is 0 Å². The van der Waals surface area contributed by atoms with Crippen LogP contribution in [-0.2, 0) is 0 Å². The molecule has 0 unspecified atom stereocenters. The first-order valence-electron chi connectivity index (χ1n) is 5.14. The summed E-state index contributed by atoms with van der Waals surface area (Å²) in [4.78, 5) is 5.95. The third kappa shape index (κ3) is 3.61. The van der Waals surface area contributed by atoms with Gasteiger partial charge in [0.25, 0.3) is 0 Å². The second-order valence-electron chi connectivity index (χ2n) is 3.31. The van der Waals surface area contributed by atoms with Crippen molar-refractivity contribution in [3.63, 3.8) is 0 Å². The van der Waals surface area contributed by atoms with E-state index in [2.05, 4.69) is 10.3 Å². The van der Waals surface area contributed by atoms with Gasteiger partial charge in [-0.05, 0) is 6.07 Å². The van der Waals surface area contributed by atoms with E-state index in [1.54, 1.807) is 18.0 Å². The van der Waals surface area contributed by atoms with Crippen molar-refractivity contribution >= 4 is 34.8 Å². The van der Waals surface area contributed by atoms with Crippen molar-refractivity contribution in [2.24, 2.45) is 0 Å². The second kappa shape index (κ2) is 6.86. The Kier molecular flexibility index (Phi) is 5.77. The lowest BCUT2D eigenvalue weighted by atomic mass is 10.3. The summed E-state index contributed by atoms with van der Waals surface area (Å²) in [6.07, 6.45) is 0. The fourth-order valence-electron chi connectivity index (χ4n) is 1.42. The summed E-state index contributed by atoms with van der Waals surface area (Å²) in [6.45, 7) is 0.598. The van der Waals surface area contributed by atoms with Gasteiger partial charge in [0, 0.05) is 20.1 Å². The number of hydrogen-bond acceptors (Lipinski definition) is 5. The first-order chi connectivity index (χ1) is 8.13. The predicted molar refractivity (Wildman–Crippen MR) is 70.2 cm³/mol. The second-order valence-corrected chi connectivity index (χ2v) is 4.12. The van der Waals surface area contributed by atoms with Gasteiger partial charge in [-0.15, -0.1) is 0 Å². The highest BCUT2D eigenvalue weighted by molar-refractivity contribution is 6.37. The molecule has 17 heavy (non-hydrogen) atoms. The van der Waals surface area contributed by atoms with Crippen LogP contribution < -0.4 is 10.2 Å². The number of anilines is 2. The molecule has 1 rings (SSSR count). The van der Waals surface area contributed by atoms with Crippen molar-refractivity contribution in [1.29, 1.82) is 0 Å². The number of nitrogens with zero attached hydrogens (tertiary/aromatic N) is 2. The quantitative estimate of drug-likeness (QED) is 0.731. The van der Waals surface area contributed by atoms with Crippen LogP contribution in [0.15, 0.2) is 6.07 Å². The molecule has 0 atom stereocenters. The summed E-state index contributed by atoms with van der Waals surface area (Å²) in [7, 11) is 1.70. The Morgan fingerprint density at radius 2 is 1.82 bits per heavy atom. The molecular formula is C10H15Cl2N3O2. The van der Waals surface area contributed by atoms with Crippen molar-refractivity contribution < 1.29 is 10.2 Å². The molecule has 0 amide bonds. The Bertz CT molecular complexity index is 371. The standard InChI is InChI=1S/C10H15Cl2N3O2/c1-13-9-7(11)6-8(12)10(14-9)15(2-4-16)3-5-17/h6,16-17H,2-5H2,1H3,(H,13,14). The molecule has 0 aliphatic carbocycles. The van der Waals surface area contributed by atoms with E-state index in [9.17, 15) is 0 Å². The molecule has 96 valence electrons. The minimum Gasteiger partial charge on any atom is -0.395 e. The first kappa shape index (κ1) is 14.3. The van der Waals surface area contributed by atoms with Crippen LogP contribution in [0.1, 0.15) is 0 Å². The van der Waals surface area contributed by atoms with Gasteiger partial charge < -0.3 is 20.4 Å². The number of aliphatic hydroxyl groups excluding tert-OH is 2. The predicted octanol–water partition coefficient (Wildman–Crippen LogP) is 1.22. The third-order valence-electron chi connectivity index (χ3n) is 2.19. The molecule has 0 spiro atoms. The van der Waals surface area contributed by atoms with E-state index in [1.807, 2.05) is 0 Å². The van der Waals surface area contributed by atoms with Crippen molar-refractivity contribution in [2.75, 3.05) is 43.6 Å². The molecule has 3 N–H and O–H groups in total. The highest BCUT2D eigenvalue weighted by Gasteiger charge is 2.14. The third-order valence-corrected chi connectivity index (χ3v) is 2.75. The minimum absolute atomic E-state index is 0.0461. The van der Waals surface area contributed by atoms with Crippen molar-refractivity contribution in [1.82, 2.24) is 4.98 Å². The molecule has 5 nitrogen and oxygen atoms in total. The molecule has 0 saturated carbocycles. The smallest absolute Gasteiger partial charge is 0.150 e. The van der Waals surface area contributed by atoms with Crippen LogP contribution in [-0.4, -0.2) is 48.5 Å². The maximum absolute atomic E-state index is 8.96. The molecule has 1 heterocycles. The molecule has 1 aromatic rings. The average Bonchev–Trinajstić information content (AvgIpc) is 2.29. The molecule has 0 saturated heterocycles. The molecule has 0 aliphatic heterocycles. The molecule has 0 aliphatic rings. The zero-order valence-electron chi connectivity index (χ0n) is 9.45. The average molecular weight is 280 g/mol. The summed E-state index contributed by atoms with van der Waals surface area (Å²) in [5, 5.41) is 21.6. The number of halogens is 2. The van der Waals surface area contributed by atoms with E-state index in [4.69, 9.17) is 33.4 Å². The number of aliphatic hydroxyl groups is 2. The lowest BCUT2D eigenvalue weighted by Crippen LogP contribution is -2.30. The number of pyridine rings is 1. The van der Waals surface area contributed by atoms with E-state index < -0.39 is 0 Å². The highest BCUT2D eigenvalue weighted by Crippen LogP contribution is 2.31. The fraction of sp³-hybridized carbons (Fsp3) is 0.500. The Labute approximate surface area is 110 Å². The molecule has 0 bridgehead atoms. The number of rotatable bonds is 6. The highest BCUT2D eigenvalue weighted by atomic mass is 35.5. The minimum atomic E-state index is -0.0461. The van der Waals surface area contributed by atoms with Gasteiger partial charge in [-0.25, -0.2) is 4.98 Å². The topological polar surface area (TPSA) is 68.6 Å². The van der Waals surface area contributed by atoms with Crippen LogP contribution in [0.25, 0.3) is 0 Å². The van der Waals surface area contributed by atoms with Gasteiger partial charge in [-0.3, -0.25) is 0 Å². The SMILES string of the molecule is CNc1nc(N(CCO)CCO)c(Cl)cc1Cl. The molecule has 7 heteroatoms. The van der Waals surface area contributed by atoms with E-state index >= 15 is 0 Å². The van der Waals surface area contributed by atoms with Gasteiger partial charge in [-0.1, -0.05) is 23.2 Å². The van der Waals surface area contributed by atoms with Crippen LogP contribution in [0.4, 0.5) is 11.6 Å². The Balaban J connectivity index is 3.08. The van der Waals surface area contributed by atoms with Crippen molar-refractivity contribution in [3.8, 4) is 0 Å². The number of nitrogens with one attached hydrogen (secondary N) is 1. The lowest BCUT2D eigenvalue weighted by molar-refractivity contribution is 0.280. The zero-order valence-corrected chi connectivity index (χ0v) is 11.0. The van der Waals surface area contributed by atoms with Crippen LogP contribution in [0.3, 0.4) is 0 Å². The number of hydrogen-bond donors (Lipinski definition) is 3. The summed E-state index contributed by atoms with van der Waals surface area (Å²) in [5.41, 5.74) is 0. The number of aromatic nitrogens is 1. The Morgan fingerprint density at radius 1 is 1.24 bits per heavy atom. The van der Waals surface area contributed by atoms with Gasteiger partial charge in [0.2, 0.25) is 0 Å². The molecule has 1 aromatic heterocycles. The molecular weight excluding hydrogens is 265 g/mol. The van der Waals surface area contributed by atoms with Crippen molar-refractivity contribution in [3.05, 3.63) is 16.1 Å². The van der Waals surface area contributed by atoms with Gasteiger partial charge in [0.1, 0.15) is 11.6 Å². The van der Waals surface area contributed by atoms with E-state index in [-0.39, 0.29) is 13.2 Å². The zero-order chi connectivity index (χ0) is 12.8.